The SMILES string of the molecule is Cc1[nH]c(=O)[nH]c(=O)c1/C=C/C(=O)NC(CO)CS(=O)c1ccc(O)cc1. The van der Waals surface area contributed by atoms with E-state index in [1.807, 2.05) is 0 Å². The van der Waals surface area contributed by atoms with Crippen LogP contribution in [-0.4, -0.2) is 48.7 Å². The molecule has 1 aromatic heterocycles. The van der Waals surface area contributed by atoms with Crippen molar-refractivity contribution in [1.29, 1.82) is 0 Å². The fourth-order valence-electron chi connectivity index (χ4n) is 2.24. The lowest BCUT2D eigenvalue weighted by Gasteiger charge is -2.14. The van der Waals surface area contributed by atoms with Crippen molar-refractivity contribution >= 4 is 22.8 Å². The molecule has 2 aromatic rings. The van der Waals surface area contributed by atoms with Gasteiger partial charge in [0.15, 0.2) is 0 Å². The van der Waals surface area contributed by atoms with Crippen LogP contribution in [0.4, 0.5) is 0 Å². The average molecular weight is 393 g/mol. The number of aromatic hydroxyl groups is 1. The van der Waals surface area contributed by atoms with Gasteiger partial charge < -0.3 is 20.5 Å². The van der Waals surface area contributed by atoms with Crippen molar-refractivity contribution in [2.45, 2.75) is 17.9 Å². The Morgan fingerprint density at radius 1 is 1.26 bits per heavy atom. The number of aryl methyl sites for hydroxylation is 1. The molecule has 2 rings (SSSR count). The van der Waals surface area contributed by atoms with E-state index in [0.29, 0.717) is 10.6 Å². The van der Waals surface area contributed by atoms with Gasteiger partial charge in [-0.05, 0) is 37.3 Å². The Morgan fingerprint density at radius 3 is 2.52 bits per heavy atom. The van der Waals surface area contributed by atoms with Crippen molar-refractivity contribution in [2.75, 3.05) is 12.4 Å². The van der Waals surface area contributed by atoms with Crippen molar-refractivity contribution in [3.05, 3.63) is 62.4 Å². The maximum absolute atomic E-state index is 12.3. The summed E-state index contributed by atoms with van der Waals surface area (Å²) in [5.41, 5.74) is -0.846. The summed E-state index contributed by atoms with van der Waals surface area (Å²) in [5, 5.41) is 21.2. The molecule has 0 bridgehead atoms. The molecule has 1 aromatic carbocycles. The van der Waals surface area contributed by atoms with Gasteiger partial charge in [-0.1, -0.05) is 0 Å². The molecule has 10 heteroatoms. The smallest absolute Gasteiger partial charge is 0.325 e. The van der Waals surface area contributed by atoms with Crippen molar-refractivity contribution in [1.82, 2.24) is 15.3 Å². The molecule has 0 radical (unpaired) electrons. The van der Waals surface area contributed by atoms with E-state index in [2.05, 4.69) is 15.3 Å². The average Bonchev–Trinajstić information content (AvgIpc) is 2.60. The minimum Gasteiger partial charge on any atom is -0.508 e. The summed E-state index contributed by atoms with van der Waals surface area (Å²) in [4.78, 5) is 39.8. The van der Waals surface area contributed by atoms with Crippen LogP contribution in [0.1, 0.15) is 11.3 Å². The fourth-order valence-corrected chi connectivity index (χ4v) is 3.42. The van der Waals surface area contributed by atoms with Crippen LogP contribution in [0.25, 0.3) is 6.08 Å². The maximum atomic E-state index is 12.3. The van der Waals surface area contributed by atoms with E-state index in [9.17, 15) is 28.8 Å². The van der Waals surface area contributed by atoms with E-state index in [0.717, 1.165) is 6.08 Å². The number of aliphatic hydroxyl groups is 1. The fraction of sp³-hybridized carbons (Fsp3) is 0.235. The molecule has 144 valence electrons. The second-order valence-corrected chi connectivity index (χ2v) is 7.17. The molecule has 2 unspecified atom stereocenters. The Bertz CT molecular complexity index is 977. The number of hydrogen-bond acceptors (Lipinski definition) is 6. The molecule has 0 fully saturated rings. The van der Waals surface area contributed by atoms with Crippen LogP contribution in [0, 0.1) is 6.92 Å². The third kappa shape index (κ3) is 5.76. The normalized spacial score (nSPS) is 13.4. The number of carbonyl (C=O) groups excluding carboxylic acids is 1. The summed E-state index contributed by atoms with van der Waals surface area (Å²) < 4.78 is 12.3. The molecule has 0 spiro atoms. The summed E-state index contributed by atoms with van der Waals surface area (Å²) in [6.07, 6.45) is 2.33. The van der Waals surface area contributed by atoms with Gasteiger partial charge in [0.25, 0.3) is 5.56 Å². The topological polar surface area (TPSA) is 152 Å². The second-order valence-electron chi connectivity index (χ2n) is 5.67. The molecule has 0 aliphatic heterocycles. The van der Waals surface area contributed by atoms with E-state index >= 15 is 0 Å². The van der Waals surface area contributed by atoms with E-state index < -0.39 is 40.6 Å². The van der Waals surface area contributed by atoms with Crippen LogP contribution in [0.15, 0.2) is 44.8 Å². The number of aliphatic hydroxyl groups excluding tert-OH is 1. The molecule has 0 aliphatic rings. The summed E-state index contributed by atoms with van der Waals surface area (Å²) in [7, 11) is -1.49. The Hall–Kier alpha value is -2.98. The van der Waals surface area contributed by atoms with Crippen molar-refractivity contribution in [2.24, 2.45) is 0 Å². The van der Waals surface area contributed by atoms with Crippen molar-refractivity contribution in [3.8, 4) is 5.75 Å². The molecule has 1 amide bonds. The molecule has 2 atom stereocenters. The summed E-state index contributed by atoms with van der Waals surface area (Å²) in [6.45, 7) is 1.09. The number of amides is 1. The molecule has 0 saturated heterocycles. The van der Waals surface area contributed by atoms with E-state index in [-0.39, 0.29) is 17.1 Å². The largest absolute Gasteiger partial charge is 0.508 e. The number of phenols is 1. The second kappa shape index (κ2) is 9.10. The van der Waals surface area contributed by atoms with Crippen LogP contribution in [0.3, 0.4) is 0 Å². The Labute approximate surface area is 156 Å². The van der Waals surface area contributed by atoms with Gasteiger partial charge in [-0.2, -0.15) is 0 Å². The van der Waals surface area contributed by atoms with Gasteiger partial charge >= 0.3 is 5.69 Å². The number of carbonyl (C=O) groups is 1. The first-order valence-electron chi connectivity index (χ1n) is 7.90. The first-order valence-corrected chi connectivity index (χ1v) is 9.22. The lowest BCUT2D eigenvalue weighted by molar-refractivity contribution is -0.117. The monoisotopic (exact) mass is 393 g/mol. The quantitative estimate of drug-likeness (QED) is 0.395. The number of H-pyrrole nitrogens is 2. The molecular weight excluding hydrogens is 374 g/mol. The zero-order valence-electron chi connectivity index (χ0n) is 14.4. The molecule has 0 saturated carbocycles. The third-order valence-electron chi connectivity index (χ3n) is 3.60. The summed E-state index contributed by atoms with van der Waals surface area (Å²) in [5.74, 6) is -0.582. The number of nitrogens with one attached hydrogen (secondary N) is 3. The number of aromatic amines is 2. The van der Waals surface area contributed by atoms with Crippen LogP contribution < -0.4 is 16.6 Å². The first-order chi connectivity index (χ1) is 12.8. The molecule has 27 heavy (non-hydrogen) atoms. The van der Waals surface area contributed by atoms with Crippen LogP contribution in [-0.2, 0) is 15.6 Å². The van der Waals surface area contributed by atoms with Crippen LogP contribution in [0.5, 0.6) is 5.75 Å². The zero-order chi connectivity index (χ0) is 20.0. The maximum Gasteiger partial charge on any atom is 0.325 e. The minimum absolute atomic E-state index is 0.0286. The lowest BCUT2D eigenvalue weighted by Crippen LogP contribution is -2.40. The van der Waals surface area contributed by atoms with E-state index in [4.69, 9.17) is 0 Å². The van der Waals surface area contributed by atoms with Crippen LogP contribution in [0.2, 0.25) is 0 Å². The van der Waals surface area contributed by atoms with Gasteiger partial charge in [0, 0.05) is 16.7 Å². The van der Waals surface area contributed by atoms with Gasteiger partial charge in [-0.25, -0.2) is 4.79 Å². The van der Waals surface area contributed by atoms with E-state index in [1.54, 1.807) is 0 Å². The molecule has 9 nitrogen and oxygen atoms in total. The standard InChI is InChI=1S/C17H19N3O6S/c1-10-14(16(24)20-17(25)18-10)6-7-15(23)19-11(8-21)9-27(26)13-4-2-12(22)3-5-13/h2-7,11,21-22H,8-9H2,1H3,(H,19,23)(H2,18,20,24,25)/b7-6+. The van der Waals surface area contributed by atoms with E-state index in [1.165, 1.54) is 37.3 Å². The number of benzene rings is 1. The lowest BCUT2D eigenvalue weighted by atomic mass is 10.2. The third-order valence-corrected chi connectivity index (χ3v) is 5.10. The molecule has 0 aliphatic carbocycles. The zero-order valence-corrected chi connectivity index (χ0v) is 15.2. The predicted octanol–water partition coefficient (Wildman–Crippen LogP) is -0.625. The number of aromatic nitrogens is 2. The summed E-state index contributed by atoms with van der Waals surface area (Å²) in [6, 6.07) is 5.01. The predicted molar refractivity (Wildman–Crippen MR) is 99.9 cm³/mol. The Kier molecular flexibility index (Phi) is 6.85. The van der Waals surface area contributed by atoms with Crippen LogP contribution >= 0.6 is 0 Å². The highest BCUT2D eigenvalue weighted by Gasteiger charge is 2.15. The highest BCUT2D eigenvalue weighted by Crippen LogP contribution is 2.13. The Balaban J connectivity index is 2.02. The van der Waals surface area contributed by atoms with Crippen molar-refractivity contribution < 1.29 is 19.2 Å². The van der Waals surface area contributed by atoms with Gasteiger partial charge in [0.1, 0.15) is 5.75 Å². The van der Waals surface area contributed by atoms with Gasteiger partial charge in [0.05, 0.1) is 34.8 Å². The number of phenolic OH excluding ortho intramolecular Hbond substituents is 1. The number of rotatable bonds is 7. The van der Waals surface area contributed by atoms with Gasteiger partial charge in [-0.15, -0.1) is 0 Å². The highest BCUT2D eigenvalue weighted by atomic mass is 32.2. The Morgan fingerprint density at radius 2 is 1.93 bits per heavy atom. The molecule has 5 N–H and O–H groups in total. The first kappa shape index (κ1) is 20.3. The number of hydrogen-bond donors (Lipinski definition) is 5. The van der Waals surface area contributed by atoms with Crippen molar-refractivity contribution in [3.63, 3.8) is 0 Å². The minimum atomic E-state index is -1.49. The van der Waals surface area contributed by atoms with Gasteiger partial charge in [-0.3, -0.25) is 18.8 Å². The molecule has 1 heterocycles. The summed E-state index contributed by atoms with van der Waals surface area (Å²) >= 11 is 0. The molecular formula is C17H19N3O6S. The van der Waals surface area contributed by atoms with Gasteiger partial charge in [0.2, 0.25) is 5.91 Å². The highest BCUT2D eigenvalue weighted by molar-refractivity contribution is 7.85.